The van der Waals surface area contributed by atoms with Crippen LogP contribution in [-0.4, -0.2) is 17.4 Å². The molecule has 0 amide bonds. The molecule has 0 radical (unpaired) electrons. The van der Waals surface area contributed by atoms with Gasteiger partial charge in [-0.3, -0.25) is 0 Å². The molecule has 21 heavy (non-hydrogen) atoms. The Hall–Kier alpha value is -1.85. The van der Waals surface area contributed by atoms with Crippen LogP contribution in [0.2, 0.25) is 5.02 Å². The molecule has 0 unspecified atom stereocenters. The summed E-state index contributed by atoms with van der Waals surface area (Å²) in [5, 5.41) is 1.16. The number of halogens is 1. The van der Waals surface area contributed by atoms with Crippen LogP contribution in [0, 0.1) is 13.8 Å². The Morgan fingerprint density at radius 3 is 2.43 bits per heavy atom. The Kier molecular flexibility index (Phi) is 3.26. The van der Waals surface area contributed by atoms with Crippen LogP contribution in [0.5, 0.6) is 0 Å². The normalized spacial score (nSPS) is 12.0. The average molecular weight is 321 g/mol. The molecule has 108 valence electrons. The minimum atomic E-state index is -3.67. The third-order valence-electron chi connectivity index (χ3n) is 3.37. The third kappa shape index (κ3) is 2.22. The maximum Gasteiger partial charge on any atom is 0.269 e. The van der Waals surface area contributed by atoms with Crippen molar-refractivity contribution < 1.29 is 8.42 Å². The van der Waals surface area contributed by atoms with E-state index in [4.69, 9.17) is 11.6 Å². The van der Waals surface area contributed by atoms with Gasteiger partial charge in [-0.1, -0.05) is 29.3 Å². The largest absolute Gasteiger partial charge is 0.269 e. The first-order valence-electron chi connectivity index (χ1n) is 6.35. The van der Waals surface area contributed by atoms with Crippen LogP contribution < -0.4 is 0 Å². The fourth-order valence-electron chi connectivity index (χ4n) is 2.15. The van der Waals surface area contributed by atoms with Crippen molar-refractivity contribution in [3.63, 3.8) is 0 Å². The van der Waals surface area contributed by atoms with Crippen LogP contribution in [-0.2, 0) is 10.0 Å². The standard InChI is InChI=1S/C15H13ClN2O2S/c1-10-3-5-12(6-4-10)21(19,20)18-8-7-13-14(16)11(2)9-17-15(13)18/h3-9H,1-2H3. The van der Waals surface area contributed by atoms with Gasteiger partial charge in [0.15, 0.2) is 5.65 Å². The summed E-state index contributed by atoms with van der Waals surface area (Å²) in [7, 11) is -3.67. The van der Waals surface area contributed by atoms with E-state index in [0.717, 1.165) is 15.1 Å². The van der Waals surface area contributed by atoms with E-state index in [2.05, 4.69) is 4.98 Å². The van der Waals surface area contributed by atoms with Gasteiger partial charge in [0.1, 0.15) is 0 Å². The molecule has 0 N–H and O–H groups in total. The van der Waals surface area contributed by atoms with Crippen molar-refractivity contribution in [2.24, 2.45) is 0 Å². The minimum absolute atomic E-state index is 0.226. The number of hydrogen-bond acceptors (Lipinski definition) is 3. The van der Waals surface area contributed by atoms with Crippen LogP contribution >= 0.6 is 11.6 Å². The smallest absolute Gasteiger partial charge is 0.237 e. The molecule has 1 aromatic carbocycles. The van der Waals surface area contributed by atoms with Gasteiger partial charge in [-0.2, -0.15) is 0 Å². The second-order valence-electron chi connectivity index (χ2n) is 4.92. The van der Waals surface area contributed by atoms with Crippen molar-refractivity contribution in [2.75, 3.05) is 0 Å². The number of nitrogens with zero attached hydrogens (tertiary/aromatic N) is 2. The highest BCUT2D eigenvalue weighted by Crippen LogP contribution is 2.28. The van der Waals surface area contributed by atoms with E-state index in [9.17, 15) is 8.42 Å². The van der Waals surface area contributed by atoms with Crippen molar-refractivity contribution >= 4 is 32.7 Å². The SMILES string of the molecule is Cc1ccc(S(=O)(=O)n2ccc3c(Cl)c(C)cnc32)cc1. The molecule has 3 rings (SSSR count). The van der Waals surface area contributed by atoms with Gasteiger partial charge < -0.3 is 0 Å². The molecule has 4 nitrogen and oxygen atoms in total. The number of hydrogen-bond donors (Lipinski definition) is 0. The van der Waals surface area contributed by atoms with E-state index in [-0.39, 0.29) is 4.90 Å². The van der Waals surface area contributed by atoms with Gasteiger partial charge in [-0.25, -0.2) is 17.4 Å². The zero-order chi connectivity index (χ0) is 15.2. The summed E-state index contributed by atoms with van der Waals surface area (Å²) in [5.41, 5.74) is 2.16. The quantitative estimate of drug-likeness (QED) is 0.725. The van der Waals surface area contributed by atoms with Gasteiger partial charge in [-0.15, -0.1) is 0 Å². The van der Waals surface area contributed by atoms with E-state index in [1.54, 1.807) is 36.5 Å². The fourth-order valence-corrected chi connectivity index (χ4v) is 3.65. The zero-order valence-electron chi connectivity index (χ0n) is 11.5. The lowest BCUT2D eigenvalue weighted by atomic mass is 10.2. The molecule has 2 aromatic heterocycles. The zero-order valence-corrected chi connectivity index (χ0v) is 13.1. The van der Waals surface area contributed by atoms with E-state index < -0.39 is 10.0 Å². The van der Waals surface area contributed by atoms with Gasteiger partial charge in [0.05, 0.1) is 9.92 Å². The molecule has 0 saturated carbocycles. The highest BCUT2D eigenvalue weighted by Gasteiger charge is 2.20. The summed E-state index contributed by atoms with van der Waals surface area (Å²) < 4.78 is 26.6. The number of rotatable bonds is 2. The molecule has 0 aliphatic heterocycles. The van der Waals surface area contributed by atoms with Crippen LogP contribution in [0.3, 0.4) is 0 Å². The second kappa shape index (κ2) is 4.86. The lowest BCUT2D eigenvalue weighted by Gasteiger charge is -2.08. The molecule has 6 heteroatoms. The van der Waals surface area contributed by atoms with Gasteiger partial charge in [-0.05, 0) is 37.6 Å². The highest BCUT2D eigenvalue weighted by atomic mass is 35.5. The lowest BCUT2D eigenvalue weighted by molar-refractivity contribution is 0.588. The van der Waals surface area contributed by atoms with Crippen LogP contribution in [0.4, 0.5) is 0 Å². The molecular weight excluding hydrogens is 308 g/mol. The molecule has 2 heterocycles. The monoisotopic (exact) mass is 320 g/mol. The highest BCUT2D eigenvalue weighted by molar-refractivity contribution is 7.90. The van der Waals surface area contributed by atoms with Crippen molar-refractivity contribution in [1.29, 1.82) is 0 Å². The maximum atomic E-state index is 12.7. The van der Waals surface area contributed by atoms with Gasteiger partial charge in [0.25, 0.3) is 10.0 Å². The number of fused-ring (bicyclic) bond motifs is 1. The van der Waals surface area contributed by atoms with E-state index in [0.29, 0.717) is 16.1 Å². The van der Waals surface area contributed by atoms with E-state index >= 15 is 0 Å². The van der Waals surface area contributed by atoms with Crippen LogP contribution in [0.1, 0.15) is 11.1 Å². The minimum Gasteiger partial charge on any atom is -0.237 e. The van der Waals surface area contributed by atoms with Crippen LogP contribution in [0.15, 0.2) is 47.6 Å². The molecule has 0 saturated heterocycles. The summed E-state index contributed by atoms with van der Waals surface area (Å²) in [6.07, 6.45) is 3.06. The van der Waals surface area contributed by atoms with Gasteiger partial charge in [0.2, 0.25) is 0 Å². The lowest BCUT2D eigenvalue weighted by Crippen LogP contribution is -2.12. The number of benzene rings is 1. The average Bonchev–Trinajstić information content (AvgIpc) is 2.89. The Labute approximate surface area is 128 Å². The van der Waals surface area contributed by atoms with E-state index in [1.165, 1.54) is 6.20 Å². The van der Waals surface area contributed by atoms with Gasteiger partial charge in [0, 0.05) is 17.8 Å². The first-order chi connectivity index (χ1) is 9.91. The van der Waals surface area contributed by atoms with Crippen molar-refractivity contribution in [2.45, 2.75) is 18.7 Å². The summed E-state index contributed by atoms with van der Waals surface area (Å²) >= 11 is 6.21. The number of aryl methyl sites for hydroxylation is 2. The van der Waals surface area contributed by atoms with Crippen molar-refractivity contribution in [3.05, 3.63) is 58.9 Å². The summed E-state index contributed by atoms with van der Waals surface area (Å²) in [4.78, 5) is 4.44. The summed E-state index contributed by atoms with van der Waals surface area (Å²) in [5.74, 6) is 0. The van der Waals surface area contributed by atoms with Gasteiger partial charge >= 0.3 is 0 Å². The summed E-state index contributed by atoms with van der Waals surface area (Å²) in [6, 6.07) is 8.38. The molecule has 0 atom stereocenters. The maximum absolute atomic E-state index is 12.7. The number of aromatic nitrogens is 2. The first kappa shape index (κ1) is 14.1. The Morgan fingerprint density at radius 2 is 1.76 bits per heavy atom. The molecule has 3 aromatic rings. The Morgan fingerprint density at radius 1 is 1.10 bits per heavy atom. The predicted molar refractivity (Wildman–Crippen MR) is 83.2 cm³/mol. The topological polar surface area (TPSA) is 52.0 Å². The van der Waals surface area contributed by atoms with Crippen molar-refractivity contribution in [3.8, 4) is 0 Å². The van der Waals surface area contributed by atoms with E-state index in [1.807, 2.05) is 13.8 Å². The molecule has 0 aliphatic carbocycles. The molecule has 0 aliphatic rings. The Bertz CT molecular complexity index is 928. The van der Waals surface area contributed by atoms with Crippen LogP contribution in [0.25, 0.3) is 11.0 Å². The first-order valence-corrected chi connectivity index (χ1v) is 8.17. The third-order valence-corrected chi connectivity index (χ3v) is 5.55. The Balaban J connectivity index is 2.25. The molecule has 0 fully saturated rings. The second-order valence-corrected chi connectivity index (χ2v) is 7.12. The molecule has 0 spiro atoms. The molecular formula is C15H13ClN2O2S. The molecule has 0 bridgehead atoms. The predicted octanol–water partition coefficient (Wildman–Crippen LogP) is 3.54. The van der Waals surface area contributed by atoms with Crippen molar-refractivity contribution in [1.82, 2.24) is 8.96 Å². The number of pyridine rings is 1. The summed E-state index contributed by atoms with van der Waals surface area (Å²) in [6.45, 7) is 3.74. The fraction of sp³-hybridized carbons (Fsp3) is 0.133.